The van der Waals surface area contributed by atoms with Crippen LogP contribution in [0.15, 0.2) is 84.1 Å². The van der Waals surface area contributed by atoms with Gasteiger partial charge in [-0.05, 0) is 42.2 Å². The van der Waals surface area contributed by atoms with Crippen LogP contribution in [-0.2, 0) is 6.42 Å². The van der Waals surface area contributed by atoms with Gasteiger partial charge in [0.05, 0.1) is 0 Å². The van der Waals surface area contributed by atoms with Crippen LogP contribution < -0.4 is 11.1 Å². The van der Waals surface area contributed by atoms with Gasteiger partial charge in [0.1, 0.15) is 0 Å². The summed E-state index contributed by atoms with van der Waals surface area (Å²) in [7, 11) is 0. The number of allylic oxidation sites excluding steroid dienone is 7. The van der Waals surface area contributed by atoms with E-state index in [1.54, 1.807) is 0 Å². The summed E-state index contributed by atoms with van der Waals surface area (Å²) in [4.78, 5) is 0. The van der Waals surface area contributed by atoms with Crippen LogP contribution in [0.4, 0.5) is 5.69 Å². The van der Waals surface area contributed by atoms with Crippen LogP contribution in [0.3, 0.4) is 0 Å². The third-order valence-electron chi connectivity index (χ3n) is 3.34. The highest BCUT2D eigenvalue weighted by atomic mass is 14.9. The van der Waals surface area contributed by atoms with E-state index in [2.05, 4.69) is 48.3 Å². The number of hydrogen-bond acceptors (Lipinski definition) is 2. The van der Waals surface area contributed by atoms with Crippen molar-refractivity contribution >= 4 is 5.69 Å². The molecule has 2 nitrogen and oxygen atoms in total. The first-order chi connectivity index (χ1) is 10.2. The van der Waals surface area contributed by atoms with Gasteiger partial charge in [0.2, 0.25) is 0 Å². The standard InChI is InChI=1S/C19H22N2/c1-3-6-16(13-14-20)17-10-9-15(2)21-19-8-5-4-7-18(19)12-11-17/h3-11,13,21H,2,12,14,20H2,1H3/b6-3-,10-9-,16-13+,17-11+. The zero-order chi connectivity index (χ0) is 15.1. The van der Waals surface area contributed by atoms with Gasteiger partial charge in [-0.2, -0.15) is 0 Å². The molecule has 0 aromatic heterocycles. The molecule has 2 rings (SSSR count). The number of hydrogen-bond donors (Lipinski definition) is 2. The molecular weight excluding hydrogens is 256 g/mol. The molecule has 1 aliphatic heterocycles. The number of rotatable bonds is 3. The van der Waals surface area contributed by atoms with Crippen molar-refractivity contribution in [2.45, 2.75) is 13.3 Å². The van der Waals surface area contributed by atoms with Crippen molar-refractivity contribution < 1.29 is 0 Å². The molecule has 0 bridgehead atoms. The Morgan fingerprint density at radius 3 is 2.90 bits per heavy atom. The lowest BCUT2D eigenvalue weighted by Gasteiger charge is -2.09. The molecule has 1 aromatic rings. The summed E-state index contributed by atoms with van der Waals surface area (Å²) < 4.78 is 0. The van der Waals surface area contributed by atoms with Crippen molar-refractivity contribution in [3.05, 3.63) is 89.7 Å². The Labute approximate surface area is 127 Å². The van der Waals surface area contributed by atoms with Crippen LogP contribution in [0.25, 0.3) is 0 Å². The predicted molar refractivity (Wildman–Crippen MR) is 92.1 cm³/mol. The van der Waals surface area contributed by atoms with E-state index in [1.165, 1.54) is 11.1 Å². The van der Waals surface area contributed by atoms with Gasteiger partial charge in [-0.25, -0.2) is 0 Å². The van der Waals surface area contributed by atoms with Crippen molar-refractivity contribution in [3.63, 3.8) is 0 Å². The Morgan fingerprint density at radius 1 is 1.33 bits per heavy atom. The molecule has 21 heavy (non-hydrogen) atoms. The lowest BCUT2D eigenvalue weighted by molar-refractivity contribution is 1.22. The lowest BCUT2D eigenvalue weighted by Crippen LogP contribution is -1.98. The molecule has 1 aromatic carbocycles. The lowest BCUT2D eigenvalue weighted by atomic mass is 10.0. The molecule has 0 atom stereocenters. The minimum atomic E-state index is 0.528. The first kappa shape index (κ1) is 15.1. The Balaban J connectivity index is 2.43. The average Bonchev–Trinajstić information content (AvgIpc) is 2.56. The monoisotopic (exact) mass is 278 g/mol. The molecule has 0 spiro atoms. The van der Waals surface area contributed by atoms with Gasteiger partial charge in [0.15, 0.2) is 0 Å². The van der Waals surface area contributed by atoms with Crippen LogP contribution >= 0.6 is 0 Å². The summed E-state index contributed by atoms with van der Waals surface area (Å²) >= 11 is 0. The number of para-hydroxylation sites is 1. The average molecular weight is 278 g/mol. The molecule has 0 fully saturated rings. The molecule has 0 saturated carbocycles. The topological polar surface area (TPSA) is 38.0 Å². The summed E-state index contributed by atoms with van der Waals surface area (Å²) in [6.07, 6.45) is 13.3. The number of nitrogens with two attached hydrogens (primary N) is 1. The van der Waals surface area contributed by atoms with Gasteiger partial charge in [-0.15, -0.1) is 0 Å². The second kappa shape index (κ2) is 7.46. The highest BCUT2D eigenvalue weighted by molar-refractivity contribution is 5.59. The minimum Gasteiger partial charge on any atom is -0.356 e. The first-order valence-electron chi connectivity index (χ1n) is 7.20. The second-order valence-corrected chi connectivity index (χ2v) is 4.90. The van der Waals surface area contributed by atoms with Crippen molar-refractivity contribution in [3.8, 4) is 0 Å². The van der Waals surface area contributed by atoms with E-state index in [0.717, 1.165) is 23.4 Å². The summed E-state index contributed by atoms with van der Waals surface area (Å²) in [5, 5.41) is 3.35. The van der Waals surface area contributed by atoms with E-state index in [1.807, 2.05) is 31.2 Å². The first-order valence-corrected chi connectivity index (χ1v) is 7.20. The Hall–Kier alpha value is -2.32. The molecule has 2 heteroatoms. The highest BCUT2D eigenvalue weighted by Crippen LogP contribution is 2.23. The highest BCUT2D eigenvalue weighted by Gasteiger charge is 2.05. The third kappa shape index (κ3) is 4.07. The Morgan fingerprint density at radius 2 is 2.14 bits per heavy atom. The van der Waals surface area contributed by atoms with E-state index in [-0.39, 0.29) is 0 Å². The molecule has 0 aliphatic carbocycles. The molecule has 0 unspecified atom stereocenters. The largest absolute Gasteiger partial charge is 0.356 e. The van der Waals surface area contributed by atoms with Gasteiger partial charge in [-0.1, -0.05) is 55.2 Å². The van der Waals surface area contributed by atoms with Crippen LogP contribution in [0.5, 0.6) is 0 Å². The molecule has 0 amide bonds. The van der Waals surface area contributed by atoms with Crippen LogP contribution in [0.1, 0.15) is 12.5 Å². The third-order valence-corrected chi connectivity index (χ3v) is 3.34. The van der Waals surface area contributed by atoms with Crippen LogP contribution in [0.2, 0.25) is 0 Å². The normalized spacial score (nSPS) is 19.8. The zero-order valence-electron chi connectivity index (χ0n) is 12.5. The summed E-state index contributed by atoms with van der Waals surface area (Å²) in [6.45, 7) is 6.60. The van der Waals surface area contributed by atoms with Gasteiger partial charge in [0, 0.05) is 17.9 Å². The molecule has 1 heterocycles. The number of fused-ring (bicyclic) bond motifs is 1. The number of benzene rings is 1. The fourth-order valence-corrected chi connectivity index (χ4v) is 2.32. The number of anilines is 1. The molecule has 1 aliphatic rings. The number of nitrogens with one attached hydrogen (secondary N) is 1. The maximum atomic E-state index is 5.68. The van der Waals surface area contributed by atoms with E-state index in [0.29, 0.717) is 6.54 Å². The smallest absolute Gasteiger partial charge is 0.0419 e. The molecule has 3 N–H and O–H groups in total. The van der Waals surface area contributed by atoms with Crippen molar-refractivity contribution in [1.82, 2.24) is 0 Å². The molecule has 108 valence electrons. The molecular formula is C19H22N2. The van der Waals surface area contributed by atoms with E-state index < -0.39 is 0 Å². The van der Waals surface area contributed by atoms with Crippen molar-refractivity contribution in [2.75, 3.05) is 11.9 Å². The maximum Gasteiger partial charge on any atom is 0.0419 e. The summed E-state index contributed by atoms with van der Waals surface area (Å²) in [5.41, 5.74) is 11.2. The van der Waals surface area contributed by atoms with Crippen molar-refractivity contribution in [1.29, 1.82) is 0 Å². The van der Waals surface area contributed by atoms with E-state index in [9.17, 15) is 0 Å². The van der Waals surface area contributed by atoms with Crippen LogP contribution in [0, 0.1) is 0 Å². The molecule has 0 saturated heterocycles. The van der Waals surface area contributed by atoms with E-state index >= 15 is 0 Å². The SMILES string of the molecule is C=C1\C=C/C(C(/C=C\C)=C/CN)=C\Cc2ccccc2N1. The zero-order valence-corrected chi connectivity index (χ0v) is 12.5. The van der Waals surface area contributed by atoms with Gasteiger partial charge < -0.3 is 11.1 Å². The van der Waals surface area contributed by atoms with Gasteiger partial charge >= 0.3 is 0 Å². The molecule has 0 radical (unpaired) electrons. The van der Waals surface area contributed by atoms with Gasteiger partial charge in [-0.3, -0.25) is 0 Å². The predicted octanol–water partition coefficient (Wildman–Crippen LogP) is 4.11. The fraction of sp³-hybridized carbons (Fsp3) is 0.158. The summed E-state index contributed by atoms with van der Waals surface area (Å²) in [5.74, 6) is 0. The van der Waals surface area contributed by atoms with Crippen molar-refractivity contribution in [2.24, 2.45) is 5.73 Å². The minimum absolute atomic E-state index is 0.528. The van der Waals surface area contributed by atoms with Crippen LogP contribution in [-0.4, -0.2) is 6.54 Å². The Kier molecular flexibility index (Phi) is 5.35. The fourth-order valence-electron chi connectivity index (χ4n) is 2.32. The summed E-state index contributed by atoms with van der Waals surface area (Å²) in [6, 6.07) is 8.31. The van der Waals surface area contributed by atoms with E-state index in [4.69, 9.17) is 5.73 Å². The quantitative estimate of drug-likeness (QED) is 0.816. The second-order valence-electron chi connectivity index (χ2n) is 4.90. The van der Waals surface area contributed by atoms with Gasteiger partial charge in [0.25, 0.3) is 0 Å². The maximum absolute atomic E-state index is 5.68. The Bertz CT molecular complexity index is 631.